The average molecular weight is 309 g/mol. The highest BCUT2D eigenvalue weighted by Gasteiger charge is 2.33. The molecule has 112 valence electrons. The Morgan fingerprint density at radius 3 is 2.45 bits per heavy atom. The zero-order chi connectivity index (χ0) is 14.8. The maximum absolute atomic E-state index is 12.7. The lowest BCUT2D eigenvalue weighted by Crippen LogP contribution is -2.46. The van der Waals surface area contributed by atoms with E-state index in [1.165, 1.54) is 12.1 Å². The number of alkyl halides is 3. The molecule has 1 atom stereocenters. The van der Waals surface area contributed by atoms with Crippen LogP contribution in [0.25, 0.3) is 0 Å². The predicted molar refractivity (Wildman–Crippen MR) is 70.7 cm³/mol. The van der Waals surface area contributed by atoms with Crippen molar-refractivity contribution >= 4 is 11.6 Å². The topological polar surface area (TPSA) is 35.5 Å². The van der Waals surface area contributed by atoms with Gasteiger partial charge in [-0.05, 0) is 17.7 Å². The van der Waals surface area contributed by atoms with E-state index in [9.17, 15) is 18.3 Å². The number of rotatable bonds is 3. The van der Waals surface area contributed by atoms with E-state index in [1.54, 1.807) is 0 Å². The fourth-order valence-electron chi connectivity index (χ4n) is 2.39. The number of halogens is 4. The first-order chi connectivity index (χ1) is 9.43. The van der Waals surface area contributed by atoms with Gasteiger partial charge in [-0.2, -0.15) is 13.2 Å². The number of nitrogens with zero attached hydrogens (tertiary/aromatic N) is 1. The van der Waals surface area contributed by atoms with Crippen LogP contribution in [0.4, 0.5) is 13.2 Å². The van der Waals surface area contributed by atoms with Crippen LogP contribution in [0, 0.1) is 0 Å². The SMILES string of the molecule is OC[C@@H](c1ccc(C(F)(F)F)c(Cl)c1)N1CCNCC1. The second-order valence-electron chi connectivity index (χ2n) is 4.72. The largest absolute Gasteiger partial charge is 0.417 e. The minimum Gasteiger partial charge on any atom is -0.394 e. The molecule has 20 heavy (non-hydrogen) atoms. The van der Waals surface area contributed by atoms with Gasteiger partial charge in [0.2, 0.25) is 0 Å². The van der Waals surface area contributed by atoms with Gasteiger partial charge in [-0.15, -0.1) is 0 Å². The fourth-order valence-corrected chi connectivity index (χ4v) is 2.69. The van der Waals surface area contributed by atoms with Gasteiger partial charge in [0.25, 0.3) is 0 Å². The van der Waals surface area contributed by atoms with Crippen LogP contribution in [-0.4, -0.2) is 42.8 Å². The standard InChI is InChI=1S/C13H16ClF3N2O/c14-11-7-9(1-2-10(11)13(15,16)17)12(8-20)19-5-3-18-4-6-19/h1-2,7,12,18,20H,3-6,8H2/t12-/m0/s1. The van der Waals surface area contributed by atoms with Gasteiger partial charge in [-0.25, -0.2) is 0 Å². The van der Waals surface area contributed by atoms with Gasteiger partial charge in [-0.3, -0.25) is 4.90 Å². The molecular formula is C13H16ClF3N2O. The van der Waals surface area contributed by atoms with Crippen LogP contribution in [0.3, 0.4) is 0 Å². The Morgan fingerprint density at radius 1 is 1.30 bits per heavy atom. The van der Waals surface area contributed by atoms with E-state index >= 15 is 0 Å². The van der Waals surface area contributed by atoms with Crippen molar-refractivity contribution in [2.75, 3.05) is 32.8 Å². The zero-order valence-electron chi connectivity index (χ0n) is 10.8. The summed E-state index contributed by atoms with van der Waals surface area (Å²) in [5.41, 5.74) is -0.243. The summed E-state index contributed by atoms with van der Waals surface area (Å²) in [7, 11) is 0. The lowest BCUT2D eigenvalue weighted by atomic mass is 10.0. The number of benzene rings is 1. The number of aliphatic hydroxyl groups is 1. The van der Waals surface area contributed by atoms with E-state index in [4.69, 9.17) is 11.6 Å². The summed E-state index contributed by atoms with van der Waals surface area (Å²) < 4.78 is 38.0. The first kappa shape index (κ1) is 15.6. The Morgan fingerprint density at radius 2 is 1.95 bits per heavy atom. The summed E-state index contributed by atoms with van der Waals surface area (Å²) in [5, 5.41) is 12.4. The van der Waals surface area contributed by atoms with Gasteiger partial charge in [0, 0.05) is 26.2 Å². The van der Waals surface area contributed by atoms with E-state index < -0.39 is 11.7 Å². The molecule has 0 bridgehead atoms. The highest BCUT2D eigenvalue weighted by atomic mass is 35.5. The molecule has 3 nitrogen and oxygen atoms in total. The molecule has 0 aromatic heterocycles. The van der Waals surface area contributed by atoms with E-state index in [0.717, 1.165) is 32.2 Å². The molecule has 2 rings (SSSR count). The molecule has 1 aromatic carbocycles. The summed E-state index contributed by atoms with van der Waals surface area (Å²) in [6.45, 7) is 2.92. The quantitative estimate of drug-likeness (QED) is 0.899. The Labute approximate surface area is 120 Å². The fraction of sp³-hybridized carbons (Fsp3) is 0.538. The Kier molecular flexibility index (Phi) is 4.90. The molecule has 2 N–H and O–H groups in total. The molecule has 1 aliphatic rings. The Hall–Kier alpha value is -0.820. The molecule has 1 heterocycles. The van der Waals surface area contributed by atoms with Crippen molar-refractivity contribution in [3.8, 4) is 0 Å². The van der Waals surface area contributed by atoms with Gasteiger partial charge in [0.05, 0.1) is 23.2 Å². The van der Waals surface area contributed by atoms with Crippen LogP contribution >= 0.6 is 11.6 Å². The molecule has 1 aromatic rings. The molecule has 1 fully saturated rings. The molecule has 0 amide bonds. The van der Waals surface area contributed by atoms with E-state index in [2.05, 4.69) is 5.32 Å². The number of aliphatic hydroxyl groups excluding tert-OH is 1. The van der Waals surface area contributed by atoms with E-state index in [1.807, 2.05) is 4.90 Å². The van der Waals surface area contributed by atoms with Gasteiger partial charge in [0.1, 0.15) is 0 Å². The summed E-state index contributed by atoms with van der Waals surface area (Å²) in [5.74, 6) is 0. The molecule has 0 radical (unpaired) electrons. The lowest BCUT2D eigenvalue weighted by Gasteiger charge is -2.34. The monoisotopic (exact) mass is 308 g/mol. The summed E-state index contributed by atoms with van der Waals surface area (Å²) in [6.07, 6.45) is -4.46. The number of hydrogen-bond donors (Lipinski definition) is 2. The van der Waals surface area contributed by atoms with Crippen molar-refractivity contribution in [2.24, 2.45) is 0 Å². The van der Waals surface area contributed by atoms with Crippen LogP contribution in [0.5, 0.6) is 0 Å². The van der Waals surface area contributed by atoms with E-state index in [0.29, 0.717) is 5.56 Å². The van der Waals surface area contributed by atoms with Crippen molar-refractivity contribution in [1.29, 1.82) is 0 Å². The molecule has 0 aliphatic carbocycles. The highest BCUT2D eigenvalue weighted by Crippen LogP contribution is 2.36. The van der Waals surface area contributed by atoms with Crippen molar-refractivity contribution in [2.45, 2.75) is 12.2 Å². The maximum atomic E-state index is 12.7. The molecule has 0 spiro atoms. The number of nitrogens with one attached hydrogen (secondary N) is 1. The highest BCUT2D eigenvalue weighted by molar-refractivity contribution is 6.31. The smallest absolute Gasteiger partial charge is 0.394 e. The van der Waals surface area contributed by atoms with Gasteiger partial charge < -0.3 is 10.4 Å². The van der Waals surface area contributed by atoms with Gasteiger partial charge in [-0.1, -0.05) is 17.7 Å². The molecule has 1 saturated heterocycles. The van der Waals surface area contributed by atoms with Crippen LogP contribution in [0.2, 0.25) is 5.02 Å². The third kappa shape index (κ3) is 3.44. The van der Waals surface area contributed by atoms with Gasteiger partial charge >= 0.3 is 6.18 Å². The second kappa shape index (κ2) is 6.30. The maximum Gasteiger partial charge on any atom is 0.417 e. The Balaban J connectivity index is 2.24. The third-order valence-corrected chi connectivity index (χ3v) is 3.76. The number of hydrogen-bond acceptors (Lipinski definition) is 3. The molecule has 0 saturated carbocycles. The van der Waals surface area contributed by atoms with E-state index in [-0.39, 0.29) is 17.7 Å². The van der Waals surface area contributed by atoms with Crippen LogP contribution in [-0.2, 0) is 6.18 Å². The molecule has 1 aliphatic heterocycles. The first-order valence-electron chi connectivity index (χ1n) is 6.35. The minimum absolute atomic E-state index is 0.151. The second-order valence-corrected chi connectivity index (χ2v) is 5.13. The van der Waals surface area contributed by atoms with Crippen molar-refractivity contribution < 1.29 is 18.3 Å². The van der Waals surface area contributed by atoms with Crippen molar-refractivity contribution in [3.63, 3.8) is 0 Å². The predicted octanol–water partition coefficient (Wildman–Crippen LogP) is 2.30. The normalized spacial score (nSPS) is 19.1. The average Bonchev–Trinajstić information content (AvgIpc) is 2.39. The van der Waals surface area contributed by atoms with Crippen LogP contribution in [0.1, 0.15) is 17.2 Å². The summed E-state index contributed by atoms with van der Waals surface area (Å²) in [6, 6.07) is 3.34. The summed E-state index contributed by atoms with van der Waals surface area (Å²) >= 11 is 5.72. The van der Waals surface area contributed by atoms with Crippen molar-refractivity contribution in [1.82, 2.24) is 10.2 Å². The zero-order valence-corrected chi connectivity index (χ0v) is 11.5. The number of piperazine rings is 1. The molecule has 7 heteroatoms. The lowest BCUT2D eigenvalue weighted by molar-refractivity contribution is -0.137. The van der Waals surface area contributed by atoms with Crippen LogP contribution in [0.15, 0.2) is 18.2 Å². The summed E-state index contributed by atoms with van der Waals surface area (Å²) in [4.78, 5) is 2.04. The first-order valence-corrected chi connectivity index (χ1v) is 6.73. The minimum atomic E-state index is -4.46. The van der Waals surface area contributed by atoms with Crippen LogP contribution < -0.4 is 5.32 Å². The third-order valence-electron chi connectivity index (χ3n) is 3.45. The molecular weight excluding hydrogens is 293 g/mol. The Bertz CT molecular complexity index is 461. The van der Waals surface area contributed by atoms with Gasteiger partial charge in [0.15, 0.2) is 0 Å². The van der Waals surface area contributed by atoms with Crippen molar-refractivity contribution in [3.05, 3.63) is 34.3 Å². The molecule has 0 unspecified atom stereocenters.